The van der Waals surface area contributed by atoms with Crippen molar-refractivity contribution in [3.8, 4) is 0 Å². The van der Waals surface area contributed by atoms with Crippen molar-refractivity contribution in [1.82, 2.24) is 4.90 Å². The first-order valence-corrected chi connectivity index (χ1v) is 6.23. The highest BCUT2D eigenvalue weighted by molar-refractivity contribution is 5.79. The van der Waals surface area contributed by atoms with Crippen LogP contribution in [0.1, 0.15) is 47.0 Å². The Hall–Kier alpha value is -0.570. The van der Waals surface area contributed by atoms with E-state index < -0.39 is 0 Å². The minimum atomic E-state index is 0.207. The number of hydrogen-bond donors (Lipinski definition) is 1. The highest BCUT2D eigenvalue weighted by Gasteiger charge is 2.27. The van der Waals surface area contributed by atoms with E-state index in [1.165, 1.54) is 0 Å². The number of rotatable bonds is 3. The lowest BCUT2D eigenvalue weighted by Gasteiger charge is -2.21. The second kappa shape index (κ2) is 7.69. The third-order valence-corrected chi connectivity index (χ3v) is 2.87. The summed E-state index contributed by atoms with van der Waals surface area (Å²) in [6.45, 7) is 9.76. The van der Waals surface area contributed by atoms with Crippen molar-refractivity contribution >= 4 is 5.91 Å². The summed E-state index contributed by atoms with van der Waals surface area (Å²) in [6, 6.07) is 0.207. The highest BCUT2D eigenvalue weighted by Crippen LogP contribution is 2.16. The van der Waals surface area contributed by atoms with Crippen LogP contribution in [0.4, 0.5) is 0 Å². The molecule has 15 heavy (non-hydrogen) atoms. The summed E-state index contributed by atoms with van der Waals surface area (Å²) in [4.78, 5) is 13.7. The number of carbonyl (C=O) groups is 1. The number of likely N-dealkylation sites (tertiary alicyclic amines) is 1. The molecule has 1 atom stereocenters. The van der Waals surface area contributed by atoms with E-state index in [2.05, 4.69) is 13.8 Å². The molecule has 0 aromatic rings. The zero-order chi connectivity index (χ0) is 11.8. The Morgan fingerprint density at radius 1 is 1.40 bits per heavy atom. The van der Waals surface area contributed by atoms with Crippen molar-refractivity contribution in [2.75, 3.05) is 13.1 Å². The van der Waals surface area contributed by atoms with Crippen molar-refractivity contribution in [3.63, 3.8) is 0 Å². The molecule has 1 saturated heterocycles. The van der Waals surface area contributed by atoms with E-state index >= 15 is 0 Å². The van der Waals surface area contributed by atoms with Gasteiger partial charge in [0.05, 0.1) is 0 Å². The van der Waals surface area contributed by atoms with E-state index in [4.69, 9.17) is 5.73 Å². The molecule has 90 valence electrons. The van der Waals surface area contributed by atoms with Crippen LogP contribution >= 0.6 is 0 Å². The van der Waals surface area contributed by atoms with Crippen LogP contribution in [0.2, 0.25) is 0 Å². The van der Waals surface area contributed by atoms with Crippen molar-refractivity contribution < 1.29 is 4.79 Å². The molecule has 0 radical (unpaired) electrons. The van der Waals surface area contributed by atoms with Gasteiger partial charge in [-0.25, -0.2) is 0 Å². The molecule has 0 aliphatic carbocycles. The van der Waals surface area contributed by atoms with Crippen LogP contribution in [0.25, 0.3) is 0 Å². The zero-order valence-electron chi connectivity index (χ0n) is 10.6. The third-order valence-electron chi connectivity index (χ3n) is 2.87. The van der Waals surface area contributed by atoms with Crippen LogP contribution in [-0.4, -0.2) is 29.9 Å². The molecule has 0 bridgehead atoms. The highest BCUT2D eigenvalue weighted by atomic mass is 16.2. The average Bonchev–Trinajstić information content (AvgIpc) is 2.69. The molecule has 0 spiro atoms. The smallest absolute Gasteiger partial charge is 0.225 e. The van der Waals surface area contributed by atoms with E-state index in [0.717, 1.165) is 32.4 Å². The molecule has 3 heteroatoms. The molecule has 0 aromatic heterocycles. The first-order valence-electron chi connectivity index (χ1n) is 6.23. The molecule has 0 saturated carbocycles. The third kappa shape index (κ3) is 4.20. The van der Waals surface area contributed by atoms with Gasteiger partial charge in [-0.05, 0) is 19.3 Å². The summed E-state index contributed by atoms with van der Waals surface area (Å²) in [5.41, 5.74) is 5.75. The van der Waals surface area contributed by atoms with E-state index in [9.17, 15) is 4.79 Å². The minimum Gasteiger partial charge on any atom is -0.341 e. The fourth-order valence-corrected chi connectivity index (χ4v) is 1.88. The maximum Gasteiger partial charge on any atom is 0.225 e. The zero-order valence-corrected chi connectivity index (χ0v) is 10.6. The van der Waals surface area contributed by atoms with Gasteiger partial charge in [0, 0.05) is 25.0 Å². The first-order chi connectivity index (χ1) is 7.19. The van der Waals surface area contributed by atoms with Gasteiger partial charge in [0.25, 0.3) is 0 Å². The predicted octanol–water partition coefficient (Wildman–Crippen LogP) is 2.01. The van der Waals surface area contributed by atoms with Gasteiger partial charge in [-0.3, -0.25) is 4.79 Å². The van der Waals surface area contributed by atoms with E-state index in [1.54, 1.807) is 0 Å². The largest absolute Gasteiger partial charge is 0.341 e. The van der Waals surface area contributed by atoms with Gasteiger partial charge in [-0.2, -0.15) is 0 Å². The lowest BCUT2D eigenvalue weighted by Crippen LogP contribution is -2.36. The minimum absolute atomic E-state index is 0.207. The monoisotopic (exact) mass is 214 g/mol. The van der Waals surface area contributed by atoms with Crippen molar-refractivity contribution in [1.29, 1.82) is 0 Å². The van der Waals surface area contributed by atoms with Crippen molar-refractivity contribution in [3.05, 3.63) is 0 Å². The van der Waals surface area contributed by atoms with E-state index in [0.29, 0.717) is 5.91 Å². The van der Waals surface area contributed by atoms with Crippen LogP contribution in [0.15, 0.2) is 0 Å². The summed E-state index contributed by atoms with van der Waals surface area (Å²) in [6.07, 6.45) is 2.86. The average molecular weight is 214 g/mol. The van der Waals surface area contributed by atoms with Gasteiger partial charge < -0.3 is 10.6 Å². The molecule has 1 unspecified atom stereocenters. The fraction of sp³-hybridized carbons (Fsp3) is 0.917. The maximum atomic E-state index is 11.8. The van der Waals surface area contributed by atoms with Gasteiger partial charge in [0.15, 0.2) is 0 Å². The molecular weight excluding hydrogens is 188 g/mol. The second-order valence-corrected chi connectivity index (χ2v) is 3.85. The van der Waals surface area contributed by atoms with Crippen molar-refractivity contribution in [2.45, 2.75) is 53.0 Å². The number of carbonyl (C=O) groups excluding carboxylic acids is 1. The van der Waals surface area contributed by atoms with Crippen LogP contribution in [0, 0.1) is 5.92 Å². The molecule has 1 rings (SSSR count). The molecule has 3 nitrogen and oxygen atoms in total. The Kier molecular flexibility index (Phi) is 7.39. The Morgan fingerprint density at radius 2 is 1.93 bits per heavy atom. The quantitative estimate of drug-likeness (QED) is 0.781. The molecule has 0 aromatic carbocycles. The van der Waals surface area contributed by atoms with Crippen LogP contribution < -0.4 is 5.73 Å². The molecular formula is C12H26N2O. The van der Waals surface area contributed by atoms with Crippen LogP contribution in [-0.2, 0) is 4.79 Å². The van der Waals surface area contributed by atoms with Gasteiger partial charge in [0.1, 0.15) is 0 Å². The fourth-order valence-electron chi connectivity index (χ4n) is 1.88. The topological polar surface area (TPSA) is 46.3 Å². The van der Waals surface area contributed by atoms with Gasteiger partial charge in [-0.15, -0.1) is 0 Å². The molecule has 1 fully saturated rings. The van der Waals surface area contributed by atoms with Gasteiger partial charge in [0.2, 0.25) is 5.91 Å². The predicted molar refractivity (Wildman–Crippen MR) is 64.6 cm³/mol. The number of amides is 1. The maximum absolute atomic E-state index is 11.8. The molecule has 1 aliphatic rings. The van der Waals surface area contributed by atoms with Gasteiger partial charge >= 0.3 is 0 Å². The summed E-state index contributed by atoms with van der Waals surface area (Å²) >= 11 is 0. The Balaban J connectivity index is 0.000000921. The van der Waals surface area contributed by atoms with Crippen molar-refractivity contribution in [2.24, 2.45) is 11.7 Å². The number of hydrogen-bond acceptors (Lipinski definition) is 2. The lowest BCUT2D eigenvalue weighted by molar-refractivity contribution is -0.134. The number of nitrogens with two attached hydrogens (primary N) is 1. The van der Waals surface area contributed by atoms with Crippen LogP contribution in [0.5, 0.6) is 0 Å². The Morgan fingerprint density at radius 3 is 2.27 bits per heavy atom. The Labute approximate surface area is 94.0 Å². The first kappa shape index (κ1) is 14.4. The van der Waals surface area contributed by atoms with Gasteiger partial charge in [-0.1, -0.05) is 27.7 Å². The molecule has 1 aliphatic heterocycles. The summed E-state index contributed by atoms with van der Waals surface area (Å²) < 4.78 is 0. The summed E-state index contributed by atoms with van der Waals surface area (Å²) in [7, 11) is 0. The normalized spacial score (nSPS) is 20.1. The SMILES string of the molecule is CC.CCC(CC)C(=O)N1CCC(N)C1. The van der Waals surface area contributed by atoms with E-state index in [-0.39, 0.29) is 12.0 Å². The lowest BCUT2D eigenvalue weighted by atomic mass is 10.0. The summed E-state index contributed by atoms with van der Waals surface area (Å²) in [5.74, 6) is 0.517. The second-order valence-electron chi connectivity index (χ2n) is 3.85. The van der Waals surface area contributed by atoms with Crippen LogP contribution in [0.3, 0.4) is 0 Å². The molecule has 1 heterocycles. The molecule has 1 amide bonds. The molecule has 2 N–H and O–H groups in total. The number of nitrogens with zero attached hydrogens (tertiary/aromatic N) is 1. The standard InChI is InChI=1S/C10H20N2O.C2H6/c1-3-8(4-2)10(13)12-6-5-9(11)7-12;1-2/h8-9H,3-7,11H2,1-2H3;1-2H3. The summed E-state index contributed by atoms with van der Waals surface area (Å²) in [5, 5.41) is 0. The Bertz CT molecular complexity index is 178. The van der Waals surface area contributed by atoms with E-state index in [1.807, 2.05) is 18.7 Å².